The highest BCUT2D eigenvalue weighted by atomic mass is 32.2. The van der Waals surface area contributed by atoms with Crippen molar-refractivity contribution in [2.24, 2.45) is 0 Å². The molecule has 18 heavy (non-hydrogen) atoms. The van der Waals surface area contributed by atoms with Crippen LogP contribution in [0.4, 0.5) is 5.69 Å². The fourth-order valence-electron chi connectivity index (χ4n) is 1.61. The van der Waals surface area contributed by atoms with Crippen LogP contribution in [0.25, 0.3) is 0 Å². The molecule has 0 amide bonds. The largest absolute Gasteiger partial charge is 0.385 e. The van der Waals surface area contributed by atoms with Gasteiger partial charge in [-0.25, -0.2) is 4.98 Å². The normalized spacial score (nSPS) is 10.5. The summed E-state index contributed by atoms with van der Waals surface area (Å²) in [5.74, 6) is 2.21. The molecule has 96 valence electrons. The number of aromatic nitrogens is 1. The molecule has 0 atom stereocenters. The van der Waals surface area contributed by atoms with Gasteiger partial charge in [0.1, 0.15) is 5.01 Å². The molecule has 1 heterocycles. The van der Waals surface area contributed by atoms with Crippen molar-refractivity contribution in [3.63, 3.8) is 0 Å². The molecule has 0 saturated carbocycles. The quantitative estimate of drug-likeness (QED) is 0.827. The Morgan fingerprint density at radius 1 is 1.28 bits per heavy atom. The predicted molar refractivity (Wildman–Crippen MR) is 82.6 cm³/mol. The smallest absolute Gasteiger partial charge is 0.103 e. The zero-order chi connectivity index (χ0) is 12.6. The van der Waals surface area contributed by atoms with E-state index in [1.165, 1.54) is 16.4 Å². The van der Waals surface area contributed by atoms with Crippen molar-refractivity contribution >= 4 is 28.8 Å². The molecule has 1 aromatic heterocycles. The summed E-state index contributed by atoms with van der Waals surface area (Å²) in [7, 11) is 0. The zero-order valence-corrected chi connectivity index (χ0v) is 12.2. The van der Waals surface area contributed by atoms with Crippen LogP contribution in [-0.4, -0.2) is 17.3 Å². The summed E-state index contributed by atoms with van der Waals surface area (Å²) in [6, 6.07) is 10.3. The lowest BCUT2D eigenvalue weighted by atomic mass is 10.3. The summed E-state index contributed by atoms with van der Waals surface area (Å²) in [6.45, 7) is 3.12. The Labute approximate surface area is 117 Å². The Kier molecular flexibility index (Phi) is 5.55. The SMILES string of the molecule is CCSCc1nc(CCNc2ccccc2)cs1. The van der Waals surface area contributed by atoms with Crippen LogP contribution >= 0.6 is 23.1 Å². The second kappa shape index (κ2) is 7.44. The Morgan fingerprint density at radius 3 is 2.89 bits per heavy atom. The average Bonchev–Trinajstić information content (AvgIpc) is 2.85. The maximum atomic E-state index is 4.64. The van der Waals surface area contributed by atoms with Crippen LogP contribution in [-0.2, 0) is 12.2 Å². The highest BCUT2D eigenvalue weighted by Crippen LogP contribution is 2.17. The van der Waals surface area contributed by atoms with Crippen molar-refractivity contribution < 1.29 is 0 Å². The molecule has 1 aromatic carbocycles. The Balaban J connectivity index is 1.75. The maximum absolute atomic E-state index is 4.64. The van der Waals surface area contributed by atoms with Gasteiger partial charge >= 0.3 is 0 Å². The summed E-state index contributed by atoms with van der Waals surface area (Å²) >= 11 is 3.70. The first-order valence-corrected chi connectivity index (χ1v) is 8.22. The fraction of sp³-hybridized carbons (Fsp3) is 0.357. The topological polar surface area (TPSA) is 24.9 Å². The number of nitrogens with one attached hydrogen (secondary N) is 1. The molecule has 0 unspecified atom stereocenters. The van der Waals surface area contributed by atoms with Gasteiger partial charge in [0.05, 0.1) is 5.69 Å². The molecule has 0 aliphatic carbocycles. The minimum absolute atomic E-state index is 0.939. The summed E-state index contributed by atoms with van der Waals surface area (Å²) in [5, 5.41) is 6.83. The third-order valence-corrected chi connectivity index (χ3v) is 4.48. The number of hydrogen-bond donors (Lipinski definition) is 1. The van der Waals surface area contributed by atoms with Gasteiger partial charge in [-0.2, -0.15) is 11.8 Å². The van der Waals surface area contributed by atoms with E-state index in [0.29, 0.717) is 0 Å². The van der Waals surface area contributed by atoms with Crippen molar-refractivity contribution in [2.45, 2.75) is 19.1 Å². The van der Waals surface area contributed by atoms with Crippen molar-refractivity contribution in [3.05, 3.63) is 46.4 Å². The van der Waals surface area contributed by atoms with E-state index >= 15 is 0 Å². The second-order valence-electron chi connectivity index (χ2n) is 3.91. The number of thioether (sulfide) groups is 1. The number of thiazole rings is 1. The van der Waals surface area contributed by atoms with E-state index in [1.807, 2.05) is 30.0 Å². The van der Waals surface area contributed by atoms with Gasteiger partial charge in [-0.1, -0.05) is 25.1 Å². The second-order valence-corrected chi connectivity index (χ2v) is 6.13. The molecule has 0 aliphatic heterocycles. The van der Waals surface area contributed by atoms with E-state index in [0.717, 1.165) is 24.5 Å². The number of anilines is 1. The van der Waals surface area contributed by atoms with E-state index in [4.69, 9.17) is 0 Å². The van der Waals surface area contributed by atoms with Gasteiger partial charge in [0, 0.05) is 29.8 Å². The lowest BCUT2D eigenvalue weighted by Crippen LogP contribution is -2.04. The summed E-state index contributed by atoms with van der Waals surface area (Å²) < 4.78 is 0. The molecule has 4 heteroatoms. The molecule has 0 bridgehead atoms. The van der Waals surface area contributed by atoms with E-state index in [9.17, 15) is 0 Å². The molecule has 2 nitrogen and oxygen atoms in total. The Hall–Kier alpha value is -1.00. The highest BCUT2D eigenvalue weighted by Gasteiger charge is 2.01. The Bertz CT molecular complexity index is 454. The monoisotopic (exact) mass is 278 g/mol. The van der Waals surface area contributed by atoms with Crippen LogP contribution in [0, 0.1) is 0 Å². The van der Waals surface area contributed by atoms with Gasteiger partial charge in [-0.3, -0.25) is 0 Å². The first-order valence-electron chi connectivity index (χ1n) is 6.18. The van der Waals surface area contributed by atoms with E-state index < -0.39 is 0 Å². The first-order chi connectivity index (χ1) is 8.88. The minimum Gasteiger partial charge on any atom is -0.385 e. The fourth-order valence-corrected chi connectivity index (χ4v) is 3.19. The van der Waals surface area contributed by atoms with Crippen LogP contribution < -0.4 is 5.32 Å². The number of hydrogen-bond acceptors (Lipinski definition) is 4. The van der Waals surface area contributed by atoms with Gasteiger partial charge in [-0.15, -0.1) is 11.3 Å². The van der Waals surface area contributed by atoms with Crippen molar-refractivity contribution in [3.8, 4) is 0 Å². The lowest BCUT2D eigenvalue weighted by Gasteiger charge is -2.04. The van der Waals surface area contributed by atoms with Gasteiger partial charge < -0.3 is 5.32 Å². The van der Waals surface area contributed by atoms with Gasteiger partial charge in [0.2, 0.25) is 0 Å². The molecule has 0 radical (unpaired) electrons. The molecule has 2 rings (SSSR count). The molecular formula is C14H18N2S2. The van der Waals surface area contributed by atoms with Crippen molar-refractivity contribution in [1.29, 1.82) is 0 Å². The van der Waals surface area contributed by atoms with Crippen LogP contribution in [0.15, 0.2) is 35.7 Å². The van der Waals surface area contributed by atoms with E-state index in [2.05, 4.69) is 34.7 Å². The highest BCUT2D eigenvalue weighted by molar-refractivity contribution is 7.98. The van der Waals surface area contributed by atoms with Gasteiger partial charge in [0.15, 0.2) is 0 Å². The average molecular weight is 278 g/mol. The number of para-hydroxylation sites is 1. The van der Waals surface area contributed by atoms with Gasteiger partial charge in [-0.05, 0) is 17.9 Å². The number of nitrogens with zero attached hydrogens (tertiary/aromatic N) is 1. The number of rotatable bonds is 7. The van der Waals surface area contributed by atoms with Crippen LogP contribution in [0.2, 0.25) is 0 Å². The molecule has 2 aromatic rings. The predicted octanol–water partition coefficient (Wildman–Crippen LogP) is 4.05. The summed E-state index contributed by atoms with van der Waals surface area (Å²) in [6.07, 6.45) is 0.988. The molecule has 0 aliphatic rings. The van der Waals surface area contributed by atoms with Crippen LogP contribution in [0.5, 0.6) is 0 Å². The van der Waals surface area contributed by atoms with Gasteiger partial charge in [0.25, 0.3) is 0 Å². The molecule has 1 N–H and O–H groups in total. The molecule has 0 spiro atoms. The minimum atomic E-state index is 0.939. The molecule has 0 fully saturated rings. The first kappa shape index (κ1) is 13.4. The van der Waals surface area contributed by atoms with Crippen molar-refractivity contribution in [2.75, 3.05) is 17.6 Å². The van der Waals surface area contributed by atoms with Crippen LogP contribution in [0.1, 0.15) is 17.6 Å². The third kappa shape index (κ3) is 4.35. The van der Waals surface area contributed by atoms with Crippen LogP contribution in [0.3, 0.4) is 0 Å². The third-order valence-electron chi connectivity index (χ3n) is 2.51. The summed E-state index contributed by atoms with van der Waals surface area (Å²) in [4.78, 5) is 4.64. The molecule has 0 saturated heterocycles. The number of benzene rings is 1. The van der Waals surface area contributed by atoms with Crippen molar-refractivity contribution in [1.82, 2.24) is 4.98 Å². The van der Waals surface area contributed by atoms with E-state index in [-0.39, 0.29) is 0 Å². The zero-order valence-electron chi connectivity index (χ0n) is 10.6. The standard InChI is InChI=1S/C14H18N2S2/c1-2-17-11-14-16-13(10-18-14)8-9-15-12-6-4-3-5-7-12/h3-7,10,15H,2,8-9,11H2,1H3. The Morgan fingerprint density at radius 2 is 2.11 bits per heavy atom. The van der Waals surface area contributed by atoms with E-state index in [1.54, 1.807) is 11.3 Å². The lowest BCUT2D eigenvalue weighted by molar-refractivity contribution is 0.966. The maximum Gasteiger partial charge on any atom is 0.103 e. The summed E-state index contributed by atoms with van der Waals surface area (Å²) in [5.41, 5.74) is 2.38. The molecular weight excluding hydrogens is 260 g/mol.